The van der Waals surface area contributed by atoms with E-state index in [1.165, 1.54) is 0 Å². The fourth-order valence-corrected chi connectivity index (χ4v) is 5.37. The Morgan fingerprint density at radius 1 is 1.18 bits per heavy atom. The van der Waals surface area contributed by atoms with Gasteiger partial charge in [0.2, 0.25) is 5.91 Å². The number of rotatable bonds is 4. The lowest BCUT2D eigenvalue weighted by Crippen LogP contribution is -2.45. The number of fused-ring (bicyclic) bond motifs is 2. The van der Waals surface area contributed by atoms with Crippen molar-refractivity contribution in [3.8, 4) is 22.7 Å². The summed E-state index contributed by atoms with van der Waals surface area (Å²) in [4.78, 5) is 15.0. The first-order chi connectivity index (χ1) is 16.0. The van der Waals surface area contributed by atoms with Crippen LogP contribution < -0.4 is 10.1 Å². The second-order valence-corrected chi connectivity index (χ2v) is 9.47. The van der Waals surface area contributed by atoms with Gasteiger partial charge in [0, 0.05) is 18.7 Å². The number of carbonyl (C=O) groups excluding carboxylic acids is 1. The van der Waals surface area contributed by atoms with Crippen molar-refractivity contribution in [3.63, 3.8) is 0 Å². The Kier molecular flexibility index (Phi) is 4.76. The van der Waals surface area contributed by atoms with Crippen LogP contribution in [0.3, 0.4) is 0 Å². The fourth-order valence-electron chi connectivity index (χ4n) is 5.37. The van der Waals surface area contributed by atoms with Gasteiger partial charge in [-0.1, -0.05) is 24.6 Å². The molecule has 7 heteroatoms. The zero-order chi connectivity index (χ0) is 22.6. The highest BCUT2D eigenvalue weighted by Gasteiger charge is 2.52. The largest absolute Gasteiger partial charge is 0.485 e. The summed E-state index contributed by atoms with van der Waals surface area (Å²) in [6.07, 6.45) is 3.45. The third-order valence-corrected chi connectivity index (χ3v) is 7.40. The van der Waals surface area contributed by atoms with Gasteiger partial charge in [-0.3, -0.25) is 4.79 Å². The zero-order valence-corrected chi connectivity index (χ0v) is 18.6. The SMILES string of the molecule is CN1CCC(Oc2cc(-c3ccnn3-c3ccccc3)cc3c2NC(=O)C32CCC2)C(F)C1. The molecule has 2 atom stereocenters. The van der Waals surface area contributed by atoms with Crippen molar-refractivity contribution in [2.45, 2.75) is 43.4 Å². The minimum absolute atomic E-state index is 0.0301. The predicted octanol–water partition coefficient (Wildman–Crippen LogP) is 4.33. The minimum atomic E-state index is -1.08. The number of nitrogens with one attached hydrogen (secondary N) is 1. The molecular weight excluding hydrogens is 419 g/mol. The molecule has 2 aromatic carbocycles. The second kappa shape index (κ2) is 7.70. The van der Waals surface area contributed by atoms with Crippen LogP contribution >= 0.6 is 0 Å². The molecule has 1 spiro atoms. The number of nitrogens with zero attached hydrogens (tertiary/aromatic N) is 3. The van der Waals surface area contributed by atoms with E-state index in [1.54, 1.807) is 6.20 Å². The summed E-state index contributed by atoms with van der Waals surface area (Å²) in [5.74, 6) is 0.583. The number of benzene rings is 2. The van der Waals surface area contributed by atoms with Crippen LogP contribution in [-0.2, 0) is 10.2 Å². The number of hydrogen-bond donors (Lipinski definition) is 1. The molecule has 6 rings (SSSR count). The van der Waals surface area contributed by atoms with Gasteiger partial charge in [0.15, 0.2) is 0 Å². The van der Waals surface area contributed by atoms with Crippen LogP contribution in [0.5, 0.6) is 5.75 Å². The molecule has 3 aliphatic rings. The molecular formula is C26H27FN4O2. The van der Waals surface area contributed by atoms with Crippen LogP contribution in [0.2, 0.25) is 0 Å². The van der Waals surface area contributed by atoms with Gasteiger partial charge in [0.05, 0.1) is 28.7 Å². The van der Waals surface area contributed by atoms with E-state index in [-0.39, 0.29) is 5.91 Å². The second-order valence-electron chi connectivity index (χ2n) is 9.47. The molecule has 3 heterocycles. The van der Waals surface area contributed by atoms with E-state index in [4.69, 9.17) is 4.74 Å². The summed E-state index contributed by atoms with van der Waals surface area (Å²) in [6, 6.07) is 15.9. The number of para-hydroxylation sites is 1. The van der Waals surface area contributed by atoms with Crippen molar-refractivity contribution in [2.24, 2.45) is 0 Å². The number of hydrogen-bond acceptors (Lipinski definition) is 4. The van der Waals surface area contributed by atoms with Crippen LogP contribution in [0.4, 0.5) is 10.1 Å². The third-order valence-electron chi connectivity index (χ3n) is 7.40. The van der Waals surface area contributed by atoms with Gasteiger partial charge in [-0.15, -0.1) is 0 Å². The minimum Gasteiger partial charge on any atom is -0.485 e. The fraction of sp³-hybridized carbons (Fsp3) is 0.385. The molecule has 1 aromatic heterocycles. The maximum absolute atomic E-state index is 14.8. The Labute approximate surface area is 192 Å². The highest BCUT2D eigenvalue weighted by Crippen LogP contribution is 2.55. The molecule has 3 aromatic rings. The molecule has 1 N–H and O–H groups in total. The van der Waals surface area contributed by atoms with Crippen molar-refractivity contribution in [3.05, 3.63) is 60.3 Å². The number of ether oxygens (including phenoxy) is 1. The predicted molar refractivity (Wildman–Crippen MR) is 125 cm³/mol. The first-order valence-electron chi connectivity index (χ1n) is 11.6. The number of piperidine rings is 1. The van der Waals surface area contributed by atoms with Crippen LogP contribution in [0.1, 0.15) is 31.2 Å². The Morgan fingerprint density at radius 2 is 2.00 bits per heavy atom. The van der Waals surface area contributed by atoms with Crippen LogP contribution in [-0.4, -0.2) is 53.0 Å². The molecule has 33 heavy (non-hydrogen) atoms. The van der Waals surface area contributed by atoms with E-state index in [2.05, 4.69) is 16.5 Å². The highest BCUT2D eigenvalue weighted by atomic mass is 19.1. The van der Waals surface area contributed by atoms with E-state index < -0.39 is 17.7 Å². The third kappa shape index (κ3) is 3.25. The van der Waals surface area contributed by atoms with Gasteiger partial charge >= 0.3 is 0 Å². The molecule has 1 saturated carbocycles. The Balaban J connectivity index is 1.46. The van der Waals surface area contributed by atoms with Crippen molar-refractivity contribution in [2.75, 3.05) is 25.5 Å². The summed E-state index contributed by atoms with van der Waals surface area (Å²) in [5, 5.41) is 7.61. The van der Waals surface area contributed by atoms with E-state index in [0.717, 1.165) is 48.3 Å². The molecule has 170 valence electrons. The zero-order valence-electron chi connectivity index (χ0n) is 18.6. The van der Waals surface area contributed by atoms with Crippen LogP contribution in [0.25, 0.3) is 16.9 Å². The molecule has 1 saturated heterocycles. The molecule has 2 unspecified atom stereocenters. The van der Waals surface area contributed by atoms with Crippen LogP contribution in [0.15, 0.2) is 54.7 Å². The normalized spacial score (nSPS) is 23.8. The lowest BCUT2D eigenvalue weighted by atomic mass is 9.65. The average Bonchev–Trinajstić information content (AvgIpc) is 3.38. The molecule has 1 aliphatic carbocycles. The molecule has 2 aliphatic heterocycles. The summed E-state index contributed by atoms with van der Waals surface area (Å²) < 4.78 is 23.0. The van der Waals surface area contributed by atoms with Gasteiger partial charge in [-0.25, -0.2) is 9.07 Å². The lowest BCUT2D eigenvalue weighted by molar-refractivity contribution is -0.123. The molecule has 6 nitrogen and oxygen atoms in total. The van der Waals surface area contributed by atoms with Gasteiger partial charge in [-0.2, -0.15) is 5.10 Å². The van der Waals surface area contributed by atoms with E-state index >= 15 is 0 Å². The summed E-state index contributed by atoms with van der Waals surface area (Å²) in [7, 11) is 1.92. The molecule has 0 bridgehead atoms. The highest BCUT2D eigenvalue weighted by molar-refractivity contribution is 6.09. The maximum atomic E-state index is 14.8. The van der Waals surface area contributed by atoms with Crippen molar-refractivity contribution >= 4 is 11.6 Å². The van der Waals surface area contributed by atoms with E-state index in [1.807, 2.05) is 59.1 Å². The average molecular weight is 447 g/mol. The monoisotopic (exact) mass is 446 g/mol. The van der Waals surface area contributed by atoms with Crippen molar-refractivity contribution < 1.29 is 13.9 Å². The summed E-state index contributed by atoms with van der Waals surface area (Å²) in [5.41, 5.74) is 3.95. The topological polar surface area (TPSA) is 59.4 Å². The van der Waals surface area contributed by atoms with Crippen molar-refractivity contribution in [1.29, 1.82) is 0 Å². The van der Waals surface area contributed by atoms with Gasteiger partial charge in [-0.05, 0) is 62.2 Å². The van der Waals surface area contributed by atoms with E-state index in [0.29, 0.717) is 24.4 Å². The number of aromatic nitrogens is 2. The summed E-state index contributed by atoms with van der Waals surface area (Å²) >= 11 is 0. The van der Waals surface area contributed by atoms with Gasteiger partial charge < -0.3 is 15.0 Å². The number of halogens is 1. The molecule has 2 fully saturated rings. The number of carbonyl (C=O) groups is 1. The first kappa shape index (κ1) is 20.4. The smallest absolute Gasteiger partial charge is 0.235 e. The number of amides is 1. The quantitative estimate of drug-likeness (QED) is 0.648. The standard InChI is InChI=1S/C26H27FN4O2/c1-30-13-9-22(20(27)16-30)33-23-15-17(14-19-24(23)29-25(32)26(19)10-5-11-26)21-8-12-28-31(21)18-6-3-2-4-7-18/h2-4,6-8,12,14-15,20,22H,5,9-11,13,16H2,1H3,(H,29,32). The van der Waals surface area contributed by atoms with Crippen molar-refractivity contribution in [1.82, 2.24) is 14.7 Å². The molecule has 0 radical (unpaired) electrons. The Bertz CT molecular complexity index is 1200. The van der Waals surface area contributed by atoms with Crippen LogP contribution in [0, 0.1) is 0 Å². The number of alkyl halides is 1. The molecule has 1 amide bonds. The lowest BCUT2D eigenvalue weighted by Gasteiger charge is -2.36. The van der Waals surface area contributed by atoms with Gasteiger partial charge in [0.1, 0.15) is 18.0 Å². The maximum Gasteiger partial charge on any atom is 0.235 e. The summed E-state index contributed by atoms with van der Waals surface area (Å²) in [6.45, 7) is 1.13. The van der Waals surface area contributed by atoms with E-state index in [9.17, 15) is 9.18 Å². The Morgan fingerprint density at radius 3 is 2.73 bits per heavy atom. The number of anilines is 1. The number of likely N-dealkylation sites (tertiary alicyclic amines) is 1. The first-order valence-corrected chi connectivity index (χ1v) is 11.6. The van der Waals surface area contributed by atoms with Gasteiger partial charge in [0.25, 0.3) is 0 Å². The Hall–Kier alpha value is -3.19.